The second-order valence-corrected chi connectivity index (χ2v) is 6.45. The number of nitrogens with one attached hydrogen (secondary N) is 1. The Labute approximate surface area is 145 Å². The number of rotatable bonds is 1. The molecule has 24 heavy (non-hydrogen) atoms. The smallest absolute Gasteiger partial charge is 0.243 e. The summed E-state index contributed by atoms with van der Waals surface area (Å²) in [4.78, 5) is 18.9. The zero-order chi connectivity index (χ0) is 16.7. The highest BCUT2D eigenvalue weighted by Gasteiger charge is 2.21. The Balaban J connectivity index is 1.79. The van der Waals surface area contributed by atoms with Crippen molar-refractivity contribution in [3.8, 4) is 0 Å². The molecule has 0 fully saturated rings. The van der Waals surface area contributed by atoms with Crippen molar-refractivity contribution in [2.24, 2.45) is 0 Å². The summed E-state index contributed by atoms with van der Waals surface area (Å²) in [5.74, 6) is 0.657. The Bertz CT molecular complexity index is 954. The van der Waals surface area contributed by atoms with Crippen LogP contribution in [0.25, 0.3) is 10.9 Å². The summed E-state index contributed by atoms with van der Waals surface area (Å²) in [7, 11) is 0. The number of carbonyl (C=O) groups is 1. The molecule has 0 radical (unpaired) electrons. The molecule has 1 aromatic heterocycles. The third kappa shape index (κ3) is 2.69. The summed E-state index contributed by atoms with van der Waals surface area (Å²) in [6.07, 6.45) is 0. The molecule has 0 aliphatic carbocycles. The molecule has 4 rings (SSSR count). The van der Waals surface area contributed by atoms with Crippen LogP contribution in [-0.2, 0) is 11.3 Å². The largest absolute Gasteiger partial charge is 0.343 e. The van der Waals surface area contributed by atoms with E-state index in [1.807, 2.05) is 60.4 Å². The van der Waals surface area contributed by atoms with Crippen LogP contribution in [-0.4, -0.2) is 17.4 Å². The number of amides is 1. The normalized spacial score (nSPS) is 14.2. The lowest BCUT2D eigenvalue weighted by Crippen LogP contribution is -2.30. The van der Waals surface area contributed by atoms with Crippen LogP contribution in [0.15, 0.2) is 48.5 Å². The van der Waals surface area contributed by atoms with Gasteiger partial charge in [0.2, 0.25) is 5.91 Å². The quantitative estimate of drug-likeness (QED) is 0.725. The van der Waals surface area contributed by atoms with E-state index in [9.17, 15) is 4.79 Å². The van der Waals surface area contributed by atoms with Gasteiger partial charge in [0.1, 0.15) is 5.82 Å². The lowest BCUT2D eigenvalue weighted by Gasteiger charge is -2.21. The number of fused-ring (bicyclic) bond motifs is 2. The van der Waals surface area contributed by atoms with Gasteiger partial charge in [0.25, 0.3) is 0 Å². The molecule has 0 bridgehead atoms. The van der Waals surface area contributed by atoms with Crippen molar-refractivity contribution >= 4 is 39.9 Å². The van der Waals surface area contributed by atoms with Crippen molar-refractivity contribution < 1.29 is 4.79 Å². The molecule has 1 aliphatic heterocycles. The van der Waals surface area contributed by atoms with Crippen LogP contribution in [0.5, 0.6) is 0 Å². The molecule has 3 aromatic rings. The van der Waals surface area contributed by atoms with Crippen molar-refractivity contribution in [2.45, 2.75) is 13.5 Å². The molecule has 0 saturated heterocycles. The van der Waals surface area contributed by atoms with Crippen molar-refractivity contribution in [3.63, 3.8) is 0 Å². The van der Waals surface area contributed by atoms with E-state index in [2.05, 4.69) is 5.32 Å². The minimum atomic E-state index is -0.0538. The van der Waals surface area contributed by atoms with Crippen LogP contribution < -0.4 is 10.2 Å². The fourth-order valence-corrected chi connectivity index (χ4v) is 3.26. The van der Waals surface area contributed by atoms with E-state index >= 15 is 0 Å². The summed E-state index contributed by atoms with van der Waals surface area (Å²) >= 11 is 6.46. The number of benzene rings is 2. The number of carbonyl (C=O) groups excluding carboxylic acids is 1. The average Bonchev–Trinajstić information content (AvgIpc) is 2.73. The van der Waals surface area contributed by atoms with Gasteiger partial charge in [-0.15, -0.1) is 0 Å². The number of pyridine rings is 1. The second-order valence-electron chi connectivity index (χ2n) is 6.04. The van der Waals surface area contributed by atoms with E-state index in [0.717, 1.165) is 27.7 Å². The Morgan fingerprint density at radius 3 is 2.83 bits per heavy atom. The lowest BCUT2D eigenvalue weighted by atomic mass is 10.1. The van der Waals surface area contributed by atoms with Crippen LogP contribution >= 0.6 is 11.6 Å². The van der Waals surface area contributed by atoms with Crippen LogP contribution in [0.4, 0.5) is 11.5 Å². The number of hydrogen-bond acceptors (Lipinski definition) is 3. The first-order chi connectivity index (χ1) is 11.6. The SMILES string of the molecule is Cc1ccc2nc(N3CC(=O)Nc4ccccc4C3)cc(Cl)c2c1. The van der Waals surface area contributed by atoms with E-state index in [1.54, 1.807) is 0 Å². The van der Waals surface area contributed by atoms with E-state index in [1.165, 1.54) is 0 Å². The van der Waals surface area contributed by atoms with Crippen molar-refractivity contribution in [1.29, 1.82) is 0 Å². The fraction of sp³-hybridized carbons (Fsp3) is 0.158. The summed E-state index contributed by atoms with van der Waals surface area (Å²) in [6, 6.07) is 15.7. The number of para-hydroxylation sites is 1. The third-order valence-electron chi connectivity index (χ3n) is 4.21. The first-order valence-corrected chi connectivity index (χ1v) is 8.17. The van der Waals surface area contributed by atoms with Crippen molar-refractivity contribution in [1.82, 2.24) is 4.98 Å². The molecule has 1 aliphatic rings. The maximum Gasteiger partial charge on any atom is 0.243 e. The van der Waals surface area contributed by atoms with Crippen molar-refractivity contribution in [2.75, 3.05) is 16.8 Å². The number of aryl methyl sites for hydroxylation is 1. The molecule has 120 valence electrons. The molecule has 4 nitrogen and oxygen atoms in total. The van der Waals surface area contributed by atoms with Crippen molar-refractivity contribution in [3.05, 3.63) is 64.7 Å². The number of hydrogen-bond donors (Lipinski definition) is 1. The molecule has 0 unspecified atom stereocenters. The molecule has 0 spiro atoms. The second kappa shape index (κ2) is 5.80. The molecular weight excluding hydrogens is 322 g/mol. The Kier molecular flexibility index (Phi) is 3.62. The minimum absolute atomic E-state index is 0.0538. The number of nitrogens with zero attached hydrogens (tertiary/aromatic N) is 2. The highest BCUT2D eigenvalue weighted by molar-refractivity contribution is 6.35. The lowest BCUT2D eigenvalue weighted by molar-refractivity contribution is -0.114. The molecule has 1 N–H and O–H groups in total. The number of halogens is 1. The first kappa shape index (κ1) is 15.0. The van der Waals surface area contributed by atoms with Gasteiger partial charge in [-0.05, 0) is 36.8 Å². The molecule has 1 amide bonds. The predicted octanol–water partition coefficient (Wildman–Crippen LogP) is 4.16. The molecule has 0 saturated carbocycles. The van der Waals surface area contributed by atoms with Gasteiger partial charge in [-0.25, -0.2) is 4.98 Å². The molecule has 2 heterocycles. The van der Waals surface area contributed by atoms with Gasteiger partial charge in [-0.1, -0.05) is 41.4 Å². The van der Waals surface area contributed by atoms with Gasteiger partial charge in [-0.3, -0.25) is 4.79 Å². The highest BCUT2D eigenvalue weighted by atomic mass is 35.5. The summed E-state index contributed by atoms with van der Waals surface area (Å²) in [5, 5.41) is 4.52. The Hall–Kier alpha value is -2.59. The van der Waals surface area contributed by atoms with E-state index in [-0.39, 0.29) is 12.5 Å². The predicted molar refractivity (Wildman–Crippen MR) is 97.6 cm³/mol. The number of aromatic nitrogens is 1. The zero-order valence-corrected chi connectivity index (χ0v) is 14.0. The maximum atomic E-state index is 12.2. The fourth-order valence-electron chi connectivity index (χ4n) is 3.01. The molecule has 2 aromatic carbocycles. The van der Waals surface area contributed by atoms with Gasteiger partial charge < -0.3 is 10.2 Å². The maximum absolute atomic E-state index is 12.2. The van der Waals surface area contributed by atoms with Gasteiger partial charge >= 0.3 is 0 Å². The van der Waals surface area contributed by atoms with Gasteiger partial charge in [0.15, 0.2) is 0 Å². The minimum Gasteiger partial charge on any atom is -0.343 e. The van der Waals surface area contributed by atoms with Gasteiger partial charge in [0.05, 0.1) is 17.1 Å². The van der Waals surface area contributed by atoms with E-state index in [0.29, 0.717) is 17.4 Å². The monoisotopic (exact) mass is 337 g/mol. The van der Waals surface area contributed by atoms with Crippen LogP contribution in [0.1, 0.15) is 11.1 Å². The summed E-state index contributed by atoms with van der Waals surface area (Å²) in [6.45, 7) is 2.88. The molecule has 5 heteroatoms. The highest BCUT2D eigenvalue weighted by Crippen LogP contribution is 2.30. The zero-order valence-electron chi connectivity index (χ0n) is 13.2. The first-order valence-electron chi connectivity index (χ1n) is 7.80. The van der Waals surface area contributed by atoms with Crippen LogP contribution in [0.3, 0.4) is 0 Å². The summed E-state index contributed by atoms with van der Waals surface area (Å²) < 4.78 is 0. The van der Waals surface area contributed by atoms with E-state index < -0.39 is 0 Å². The standard InChI is InChI=1S/C19H16ClN3O/c1-12-6-7-17-14(8-12)15(20)9-18(21-17)23-10-13-4-2-3-5-16(13)22-19(24)11-23/h2-9H,10-11H2,1H3,(H,22,24). The Morgan fingerprint density at radius 1 is 1.12 bits per heavy atom. The molecular formula is C19H16ClN3O. The number of anilines is 2. The third-order valence-corrected chi connectivity index (χ3v) is 4.52. The average molecular weight is 338 g/mol. The van der Waals surface area contributed by atoms with E-state index in [4.69, 9.17) is 16.6 Å². The summed E-state index contributed by atoms with van der Waals surface area (Å²) in [5.41, 5.74) is 3.89. The van der Waals surface area contributed by atoms with Gasteiger partial charge in [0, 0.05) is 17.6 Å². The molecule has 0 atom stereocenters. The van der Waals surface area contributed by atoms with Crippen LogP contribution in [0.2, 0.25) is 5.02 Å². The van der Waals surface area contributed by atoms with Crippen LogP contribution in [0, 0.1) is 6.92 Å². The van der Waals surface area contributed by atoms with Gasteiger partial charge in [-0.2, -0.15) is 0 Å². The Morgan fingerprint density at radius 2 is 1.96 bits per heavy atom. The topological polar surface area (TPSA) is 45.2 Å².